The Labute approximate surface area is 92.2 Å². The Morgan fingerprint density at radius 2 is 2.47 bits per heavy atom. The third kappa shape index (κ3) is 4.35. The zero-order chi connectivity index (χ0) is 11.1. The van der Waals surface area contributed by atoms with Crippen LogP contribution in [0.3, 0.4) is 0 Å². The van der Waals surface area contributed by atoms with E-state index >= 15 is 0 Å². The zero-order valence-electron chi connectivity index (χ0n) is 9.46. The molecule has 1 heterocycles. The minimum Gasteiger partial charge on any atom is -0.345 e. The summed E-state index contributed by atoms with van der Waals surface area (Å²) in [5.74, 6) is 3.27. The molecular formula is C12H20N2O. The van der Waals surface area contributed by atoms with Crippen molar-refractivity contribution < 1.29 is 4.79 Å². The molecular weight excluding hydrogens is 188 g/mol. The molecule has 3 nitrogen and oxygen atoms in total. The molecule has 1 amide bonds. The van der Waals surface area contributed by atoms with Crippen LogP contribution in [0.4, 0.5) is 0 Å². The van der Waals surface area contributed by atoms with Crippen molar-refractivity contribution >= 4 is 5.91 Å². The summed E-state index contributed by atoms with van der Waals surface area (Å²) in [6.45, 7) is 3.01. The first kappa shape index (κ1) is 12.1. The van der Waals surface area contributed by atoms with Crippen LogP contribution < -0.4 is 5.32 Å². The summed E-state index contributed by atoms with van der Waals surface area (Å²) in [5.41, 5.74) is 0. The highest BCUT2D eigenvalue weighted by atomic mass is 16.2. The molecule has 0 saturated carbocycles. The molecule has 1 rings (SSSR count). The number of amides is 1. The summed E-state index contributed by atoms with van der Waals surface area (Å²) in [7, 11) is 1.87. The maximum absolute atomic E-state index is 11.6. The first-order valence-electron chi connectivity index (χ1n) is 5.62. The number of terminal acetylenes is 1. The van der Waals surface area contributed by atoms with Gasteiger partial charge >= 0.3 is 0 Å². The topological polar surface area (TPSA) is 32.3 Å². The Kier molecular flexibility index (Phi) is 5.20. The van der Waals surface area contributed by atoms with E-state index in [1.165, 1.54) is 12.8 Å². The molecule has 1 unspecified atom stereocenters. The molecule has 0 aromatic carbocycles. The lowest BCUT2D eigenvalue weighted by molar-refractivity contribution is -0.130. The summed E-state index contributed by atoms with van der Waals surface area (Å²) in [6, 6.07) is 0. The predicted octanol–water partition coefficient (Wildman–Crippen LogP) is 0.858. The average molecular weight is 208 g/mol. The highest BCUT2D eigenvalue weighted by Crippen LogP contribution is 2.11. The fraction of sp³-hybridized carbons (Fsp3) is 0.750. The third-order valence-corrected chi connectivity index (χ3v) is 2.84. The smallest absolute Gasteiger partial charge is 0.223 e. The van der Waals surface area contributed by atoms with E-state index in [0.29, 0.717) is 18.8 Å². The van der Waals surface area contributed by atoms with Crippen LogP contribution in [-0.2, 0) is 4.79 Å². The number of piperidine rings is 1. The molecule has 1 N–H and O–H groups in total. The number of carbonyl (C=O) groups is 1. The van der Waals surface area contributed by atoms with Crippen molar-refractivity contribution in [3.05, 3.63) is 0 Å². The largest absolute Gasteiger partial charge is 0.345 e. The molecule has 15 heavy (non-hydrogen) atoms. The minimum atomic E-state index is 0.165. The molecule has 0 bridgehead atoms. The second kappa shape index (κ2) is 6.47. The van der Waals surface area contributed by atoms with E-state index in [9.17, 15) is 4.79 Å². The molecule has 0 aromatic rings. The maximum atomic E-state index is 11.6. The Balaban J connectivity index is 2.24. The molecule has 84 valence electrons. The van der Waals surface area contributed by atoms with Crippen LogP contribution in [0, 0.1) is 18.3 Å². The van der Waals surface area contributed by atoms with E-state index in [1.54, 1.807) is 0 Å². The Morgan fingerprint density at radius 3 is 3.07 bits per heavy atom. The van der Waals surface area contributed by atoms with Crippen molar-refractivity contribution in [1.29, 1.82) is 0 Å². The van der Waals surface area contributed by atoms with Crippen LogP contribution in [0.5, 0.6) is 0 Å². The van der Waals surface area contributed by atoms with Crippen molar-refractivity contribution in [2.45, 2.75) is 25.7 Å². The van der Waals surface area contributed by atoms with E-state index < -0.39 is 0 Å². The highest BCUT2D eigenvalue weighted by Gasteiger charge is 2.17. The van der Waals surface area contributed by atoms with Gasteiger partial charge in [-0.25, -0.2) is 0 Å². The first-order chi connectivity index (χ1) is 7.24. The van der Waals surface area contributed by atoms with E-state index in [0.717, 1.165) is 19.6 Å². The molecule has 0 aromatic heterocycles. The highest BCUT2D eigenvalue weighted by molar-refractivity contribution is 5.76. The molecule has 0 radical (unpaired) electrons. The number of rotatable bonds is 4. The number of hydrogen-bond donors (Lipinski definition) is 1. The fourth-order valence-electron chi connectivity index (χ4n) is 1.94. The Hall–Kier alpha value is -1.01. The third-order valence-electron chi connectivity index (χ3n) is 2.84. The van der Waals surface area contributed by atoms with Crippen molar-refractivity contribution in [2.24, 2.45) is 5.92 Å². The van der Waals surface area contributed by atoms with Gasteiger partial charge in [-0.15, -0.1) is 12.3 Å². The maximum Gasteiger partial charge on any atom is 0.223 e. The van der Waals surface area contributed by atoms with E-state index in [4.69, 9.17) is 6.42 Å². The van der Waals surface area contributed by atoms with Crippen LogP contribution in [0.25, 0.3) is 0 Å². The van der Waals surface area contributed by atoms with Gasteiger partial charge in [-0.05, 0) is 31.8 Å². The zero-order valence-corrected chi connectivity index (χ0v) is 9.46. The van der Waals surface area contributed by atoms with Gasteiger partial charge < -0.3 is 10.2 Å². The van der Waals surface area contributed by atoms with Gasteiger partial charge in [0.05, 0.1) is 0 Å². The van der Waals surface area contributed by atoms with Crippen LogP contribution in [0.15, 0.2) is 0 Å². The Morgan fingerprint density at radius 1 is 1.67 bits per heavy atom. The second-order valence-corrected chi connectivity index (χ2v) is 4.19. The van der Waals surface area contributed by atoms with Crippen LogP contribution in [0.1, 0.15) is 25.7 Å². The lowest BCUT2D eigenvalue weighted by Crippen LogP contribution is -2.39. The van der Waals surface area contributed by atoms with Crippen LogP contribution in [0.2, 0.25) is 0 Å². The number of nitrogens with zero attached hydrogens (tertiary/aromatic N) is 1. The van der Waals surface area contributed by atoms with Crippen molar-refractivity contribution in [3.8, 4) is 12.3 Å². The van der Waals surface area contributed by atoms with E-state index in [2.05, 4.69) is 11.2 Å². The summed E-state index contributed by atoms with van der Waals surface area (Å²) >= 11 is 0. The van der Waals surface area contributed by atoms with Gasteiger partial charge in [-0.1, -0.05) is 0 Å². The molecule has 3 heteroatoms. The fourth-order valence-corrected chi connectivity index (χ4v) is 1.94. The summed E-state index contributed by atoms with van der Waals surface area (Å²) in [5, 5.41) is 3.35. The van der Waals surface area contributed by atoms with Gasteiger partial charge in [0.2, 0.25) is 5.91 Å². The molecule has 1 saturated heterocycles. The van der Waals surface area contributed by atoms with Gasteiger partial charge in [-0.2, -0.15) is 0 Å². The number of nitrogens with one attached hydrogen (secondary N) is 1. The van der Waals surface area contributed by atoms with Crippen LogP contribution >= 0.6 is 0 Å². The van der Waals surface area contributed by atoms with Crippen molar-refractivity contribution in [3.63, 3.8) is 0 Å². The first-order valence-corrected chi connectivity index (χ1v) is 5.62. The molecule has 0 aliphatic carbocycles. The predicted molar refractivity (Wildman–Crippen MR) is 61.3 cm³/mol. The lowest BCUT2D eigenvalue weighted by atomic mass is 9.99. The molecule has 1 fully saturated rings. The normalized spacial score (nSPS) is 20.7. The summed E-state index contributed by atoms with van der Waals surface area (Å²) in [4.78, 5) is 13.4. The SMILES string of the molecule is C#CCCC(=O)N(C)CC1CCCNC1. The average Bonchev–Trinajstić information content (AvgIpc) is 2.27. The summed E-state index contributed by atoms with van der Waals surface area (Å²) in [6.07, 6.45) is 8.60. The van der Waals surface area contributed by atoms with Gasteiger partial charge in [0, 0.05) is 26.4 Å². The molecule has 1 aliphatic heterocycles. The van der Waals surface area contributed by atoms with Crippen molar-refractivity contribution in [2.75, 3.05) is 26.7 Å². The number of carbonyl (C=O) groups excluding carboxylic acids is 1. The van der Waals surface area contributed by atoms with Gasteiger partial charge in [-0.3, -0.25) is 4.79 Å². The second-order valence-electron chi connectivity index (χ2n) is 4.19. The quantitative estimate of drug-likeness (QED) is 0.695. The van der Waals surface area contributed by atoms with E-state index in [-0.39, 0.29) is 5.91 Å². The number of hydrogen-bond acceptors (Lipinski definition) is 2. The summed E-state index contributed by atoms with van der Waals surface area (Å²) < 4.78 is 0. The van der Waals surface area contributed by atoms with Crippen molar-refractivity contribution in [1.82, 2.24) is 10.2 Å². The lowest BCUT2D eigenvalue weighted by Gasteiger charge is -2.27. The van der Waals surface area contributed by atoms with Gasteiger partial charge in [0.15, 0.2) is 0 Å². The monoisotopic (exact) mass is 208 g/mol. The van der Waals surface area contributed by atoms with Gasteiger partial charge in [0.25, 0.3) is 0 Å². The molecule has 1 atom stereocenters. The van der Waals surface area contributed by atoms with Crippen LogP contribution in [-0.4, -0.2) is 37.5 Å². The molecule has 0 spiro atoms. The Bertz CT molecular complexity index is 238. The standard InChI is InChI=1S/C12H20N2O/c1-3-4-7-12(15)14(2)10-11-6-5-8-13-9-11/h1,11,13H,4-10H2,2H3. The minimum absolute atomic E-state index is 0.165. The van der Waals surface area contributed by atoms with E-state index in [1.807, 2.05) is 11.9 Å². The molecule has 1 aliphatic rings. The van der Waals surface area contributed by atoms with Gasteiger partial charge in [0.1, 0.15) is 0 Å².